The van der Waals surface area contributed by atoms with E-state index in [1.807, 2.05) is 14.0 Å². The molecule has 1 aromatic rings. The van der Waals surface area contributed by atoms with E-state index in [2.05, 4.69) is 36.0 Å². The molecule has 1 aliphatic carbocycles. The fourth-order valence-corrected chi connectivity index (χ4v) is 3.15. The van der Waals surface area contributed by atoms with Crippen LogP contribution < -0.4 is 10.2 Å². The first kappa shape index (κ1) is 15.1. The molecular formula is C16H28N4. The lowest BCUT2D eigenvalue weighted by molar-refractivity contribution is 0.529. The third kappa shape index (κ3) is 3.22. The Bertz CT molecular complexity index is 450. The molecule has 0 bridgehead atoms. The summed E-state index contributed by atoms with van der Waals surface area (Å²) in [6.07, 6.45) is 5.29. The fourth-order valence-electron chi connectivity index (χ4n) is 3.15. The van der Waals surface area contributed by atoms with E-state index >= 15 is 0 Å². The molecule has 1 aliphatic rings. The summed E-state index contributed by atoms with van der Waals surface area (Å²) in [6.45, 7) is 9.74. The summed E-state index contributed by atoms with van der Waals surface area (Å²) in [5, 5.41) is 3.20. The van der Waals surface area contributed by atoms with Gasteiger partial charge in [-0.15, -0.1) is 0 Å². The predicted octanol–water partition coefficient (Wildman–Crippen LogP) is 3.54. The highest BCUT2D eigenvalue weighted by molar-refractivity contribution is 5.59. The molecule has 0 unspecified atom stereocenters. The highest BCUT2D eigenvalue weighted by Gasteiger charge is 2.26. The number of aryl methyl sites for hydroxylation is 1. The van der Waals surface area contributed by atoms with Crippen LogP contribution in [0.4, 0.5) is 11.6 Å². The van der Waals surface area contributed by atoms with E-state index in [-0.39, 0.29) is 0 Å². The molecular weight excluding hydrogens is 248 g/mol. The monoisotopic (exact) mass is 276 g/mol. The first-order chi connectivity index (χ1) is 9.52. The van der Waals surface area contributed by atoms with Gasteiger partial charge in [-0.05, 0) is 32.6 Å². The van der Waals surface area contributed by atoms with Crippen LogP contribution in [0.5, 0.6) is 0 Å². The van der Waals surface area contributed by atoms with Crippen molar-refractivity contribution in [2.75, 3.05) is 23.8 Å². The third-order valence-corrected chi connectivity index (χ3v) is 4.07. The van der Waals surface area contributed by atoms with E-state index in [9.17, 15) is 0 Å². The number of nitrogens with zero attached hydrogens (tertiary/aromatic N) is 3. The molecule has 20 heavy (non-hydrogen) atoms. The van der Waals surface area contributed by atoms with Gasteiger partial charge in [0.1, 0.15) is 17.5 Å². The van der Waals surface area contributed by atoms with Crippen molar-refractivity contribution in [2.45, 2.75) is 59.4 Å². The van der Waals surface area contributed by atoms with Crippen molar-refractivity contribution in [1.29, 1.82) is 0 Å². The van der Waals surface area contributed by atoms with Crippen LogP contribution in [0.2, 0.25) is 0 Å². The van der Waals surface area contributed by atoms with E-state index in [0.29, 0.717) is 12.0 Å². The van der Waals surface area contributed by atoms with Crippen molar-refractivity contribution in [2.24, 2.45) is 5.92 Å². The quantitative estimate of drug-likeness (QED) is 0.893. The second-order valence-corrected chi connectivity index (χ2v) is 6.30. The van der Waals surface area contributed by atoms with Crippen molar-refractivity contribution < 1.29 is 0 Å². The minimum absolute atomic E-state index is 0.642. The molecule has 0 spiro atoms. The van der Waals surface area contributed by atoms with Crippen molar-refractivity contribution in [3.05, 3.63) is 11.4 Å². The van der Waals surface area contributed by atoms with Gasteiger partial charge >= 0.3 is 0 Å². The zero-order valence-electron chi connectivity index (χ0n) is 13.5. The number of anilines is 2. The van der Waals surface area contributed by atoms with Crippen LogP contribution in [0.1, 0.15) is 50.9 Å². The number of aromatic nitrogens is 2. The summed E-state index contributed by atoms with van der Waals surface area (Å²) in [5.74, 6) is 3.58. The van der Waals surface area contributed by atoms with Crippen LogP contribution in [0.15, 0.2) is 0 Å². The largest absolute Gasteiger partial charge is 0.373 e. The van der Waals surface area contributed by atoms with Gasteiger partial charge in [0.2, 0.25) is 0 Å². The molecule has 0 amide bonds. The maximum Gasteiger partial charge on any atom is 0.137 e. The van der Waals surface area contributed by atoms with E-state index in [1.165, 1.54) is 31.2 Å². The smallest absolute Gasteiger partial charge is 0.137 e. The molecule has 0 atom stereocenters. The van der Waals surface area contributed by atoms with Crippen molar-refractivity contribution in [3.8, 4) is 0 Å². The summed E-state index contributed by atoms with van der Waals surface area (Å²) in [5.41, 5.74) is 1.17. The topological polar surface area (TPSA) is 41.1 Å². The maximum absolute atomic E-state index is 4.75. The molecule has 0 saturated heterocycles. The van der Waals surface area contributed by atoms with Gasteiger partial charge in [0.05, 0.1) is 0 Å². The highest BCUT2D eigenvalue weighted by Crippen LogP contribution is 2.31. The lowest BCUT2D eigenvalue weighted by atomic mass is 10.1. The predicted molar refractivity (Wildman–Crippen MR) is 85.5 cm³/mol. The Kier molecular flexibility index (Phi) is 4.84. The van der Waals surface area contributed by atoms with Crippen LogP contribution in [0.25, 0.3) is 0 Å². The molecule has 2 rings (SSSR count). The Hall–Kier alpha value is -1.32. The highest BCUT2D eigenvalue weighted by atomic mass is 15.2. The minimum Gasteiger partial charge on any atom is -0.373 e. The van der Waals surface area contributed by atoms with Crippen LogP contribution in [0, 0.1) is 19.8 Å². The average Bonchev–Trinajstić information content (AvgIpc) is 2.92. The standard InChI is InChI=1S/C16H28N4/c1-11(2)10-20(14-8-6-7-9-14)16-12(3)15(17-5)18-13(4)19-16/h11,14H,6-10H2,1-5H3,(H,17,18,19). The van der Waals surface area contributed by atoms with Gasteiger partial charge in [-0.25, -0.2) is 9.97 Å². The van der Waals surface area contributed by atoms with E-state index < -0.39 is 0 Å². The molecule has 0 aliphatic heterocycles. The summed E-state index contributed by atoms with van der Waals surface area (Å²) < 4.78 is 0. The summed E-state index contributed by atoms with van der Waals surface area (Å²) in [7, 11) is 1.93. The van der Waals surface area contributed by atoms with Crippen LogP contribution >= 0.6 is 0 Å². The van der Waals surface area contributed by atoms with Gasteiger partial charge in [-0.2, -0.15) is 0 Å². The van der Waals surface area contributed by atoms with Gasteiger partial charge < -0.3 is 10.2 Å². The second-order valence-electron chi connectivity index (χ2n) is 6.30. The molecule has 1 aromatic heterocycles. The Morgan fingerprint density at radius 2 is 1.85 bits per heavy atom. The summed E-state index contributed by atoms with van der Waals surface area (Å²) in [4.78, 5) is 11.8. The number of rotatable bonds is 5. The normalized spacial score (nSPS) is 15.9. The number of nitrogens with one attached hydrogen (secondary N) is 1. The van der Waals surface area contributed by atoms with Crippen molar-refractivity contribution >= 4 is 11.6 Å². The number of hydrogen-bond donors (Lipinski definition) is 1. The van der Waals surface area contributed by atoms with E-state index in [4.69, 9.17) is 4.98 Å². The van der Waals surface area contributed by atoms with Gasteiger partial charge in [0.25, 0.3) is 0 Å². The van der Waals surface area contributed by atoms with Gasteiger partial charge in [0, 0.05) is 25.2 Å². The van der Waals surface area contributed by atoms with Gasteiger partial charge in [-0.1, -0.05) is 26.7 Å². The Morgan fingerprint density at radius 3 is 2.40 bits per heavy atom. The lowest BCUT2D eigenvalue weighted by Crippen LogP contribution is -2.37. The van der Waals surface area contributed by atoms with Gasteiger partial charge in [-0.3, -0.25) is 0 Å². The zero-order valence-corrected chi connectivity index (χ0v) is 13.5. The first-order valence-electron chi connectivity index (χ1n) is 7.82. The molecule has 4 heteroatoms. The van der Waals surface area contributed by atoms with Crippen LogP contribution in [-0.2, 0) is 0 Å². The van der Waals surface area contributed by atoms with Crippen LogP contribution in [-0.4, -0.2) is 29.6 Å². The zero-order chi connectivity index (χ0) is 14.7. The van der Waals surface area contributed by atoms with Crippen molar-refractivity contribution in [1.82, 2.24) is 9.97 Å². The first-order valence-corrected chi connectivity index (χ1v) is 7.82. The Balaban J connectivity index is 2.39. The number of hydrogen-bond acceptors (Lipinski definition) is 4. The van der Waals surface area contributed by atoms with E-state index in [0.717, 1.165) is 24.0 Å². The molecule has 1 N–H and O–H groups in total. The third-order valence-electron chi connectivity index (χ3n) is 4.07. The minimum atomic E-state index is 0.642. The maximum atomic E-state index is 4.75. The second kappa shape index (κ2) is 6.42. The Labute approximate surface area is 123 Å². The summed E-state index contributed by atoms with van der Waals surface area (Å²) in [6, 6.07) is 0.648. The molecule has 112 valence electrons. The lowest BCUT2D eigenvalue weighted by Gasteiger charge is -2.33. The fraction of sp³-hybridized carbons (Fsp3) is 0.750. The van der Waals surface area contributed by atoms with E-state index in [1.54, 1.807) is 0 Å². The molecule has 0 radical (unpaired) electrons. The van der Waals surface area contributed by atoms with Gasteiger partial charge in [0.15, 0.2) is 0 Å². The van der Waals surface area contributed by atoms with Crippen LogP contribution in [0.3, 0.4) is 0 Å². The molecule has 1 fully saturated rings. The summed E-state index contributed by atoms with van der Waals surface area (Å²) >= 11 is 0. The van der Waals surface area contributed by atoms with Crippen molar-refractivity contribution in [3.63, 3.8) is 0 Å². The molecule has 4 nitrogen and oxygen atoms in total. The molecule has 1 saturated carbocycles. The SMILES string of the molecule is CNc1nc(C)nc(N(CC(C)C)C2CCCC2)c1C. The Morgan fingerprint density at radius 1 is 1.20 bits per heavy atom. The average molecular weight is 276 g/mol. The molecule has 1 heterocycles. The molecule has 0 aromatic carbocycles.